The van der Waals surface area contributed by atoms with Gasteiger partial charge in [0.1, 0.15) is 0 Å². The van der Waals surface area contributed by atoms with Gasteiger partial charge >= 0.3 is 6.18 Å². The molecule has 1 aliphatic rings. The maximum atomic E-state index is 12.9. The summed E-state index contributed by atoms with van der Waals surface area (Å²) in [6.07, 6.45) is -2.94. The van der Waals surface area contributed by atoms with Crippen molar-refractivity contribution < 1.29 is 26.4 Å². The Morgan fingerprint density at radius 2 is 2.00 bits per heavy atom. The number of aromatic nitrogens is 2. The van der Waals surface area contributed by atoms with Gasteiger partial charge in [-0.2, -0.15) is 18.3 Å². The van der Waals surface area contributed by atoms with Crippen molar-refractivity contribution in [1.82, 2.24) is 14.5 Å². The first-order valence-corrected chi connectivity index (χ1v) is 9.82. The Morgan fingerprint density at radius 1 is 1.30 bits per heavy atom. The minimum Gasteiger partial charge on any atom is -0.295 e. The summed E-state index contributed by atoms with van der Waals surface area (Å²) in [7, 11) is -3.89. The number of carbonyl (C=O) groups is 1. The lowest BCUT2D eigenvalue weighted by Gasteiger charge is -2.10. The number of benzene rings is 1. The number of halogens is 3. The molecule has 1 N–H and O–H groups in total. The number of hydrogen-bond acceptors (Lipinski definition) is 4. The fourth-order valence-electron chi connectivity index (χ4n) is 2.71. The predicted octanol–water partition coefficient (Wildman–Crippen LogP) is 2.96. The van der Waals surface area contributed by atoms with Gasteiger partial charge in [0.2, 0.25) is 10.0 Å². The Kier molecular flexibility index (Phi) is 5.13. The number of hydrogen-bond donors (Lipinski definition) is 1. The van der Waals surface area contributed by atoms with Gasteiger partial charge in [0.05, 0.1) is 11.4 Å². The van der Waals surface area contributed by atoms with Gasteiger partial charge in [-0.3, -0.25) is 9.48 Å². The number of nitrogens with one attached hydrogen (secondary N) is 1. The lowest BCUT2D eigenvalue weighted by molar-refractivity contribution is -0.141. The number of carbonyl (C=O) groups excluding carboxylic acids is 1. The molecule has 146 valence electrons. The van der Waals surface area contributed by atoms with Crippen LogP contribution in [0.2, 0.25) is 0 Å². The number of rotatable bonds is 7. The first-order chi connectivity index (χ1) is 12.6. The van der Waals surface area contributed by atoms with E-state index in [1.165, 1.54) is 35.9 Å². The highest BCUT2D eigenvalue weighted by molar-refractivity contribution is 7.89. The molecule has 0 bridgehead atoms. The van der Waals surface area contributed by atoms with Crippen molar-refractivity contribution in [2.75, 3.05) is 6.54 Å². The summed E-state index contributed by atoms with van der Waals surface area (Å²) < 4.78 is 66.9. The average molecular weight is 401 g/mol. The van der Waals surface area contributed by atoms with Crippen LogP contribution >= 0.6 is 0 Å². The molecule has 0 unspecified atom stereocenters. The van der Waals surface area contributed by atoms with Crippen molar-refractivity contribution in [3.05, 3.63) is 47.3 Å². The van der Waals surface area contributed by atoms with Crippen molar-refractivity contribution in [2.24, 2.45) is 0 Å². The second-order valence-electron chi connectivity index (χ2n) is 6.43. The molecule has 1 fully saturated rings. The lowest BCUT2D eigenvalue weighted by Crippen LogP contribution is -2.28. The maximum Gasteiger partial charge on any atom is 0.435 e. The van der Waals surface area contributed by atoms with E-state index < -0.39 is 21.9 Å². The molecule has 0 amide bonds. The highest BCUT2D eigenvalue weighted by Crippen LogP contribution is 2.42. The van der Waals surface area contributed by atoms with Crippen LogP contribution in [0.3, 0.4) is 0 Å². The molecule has 0 saturated heterocycles. The smallest absolute Gasteiger partial charge is 0.295 e. The van der Waals surface area contributed by atoms with Crippen LogP contribution in [-0.2, 0) is 22.7 Å². The highest BCUT2D eigenvalue weighted by atomic mass is 32.2. The molecule has 0 aliphatic heterocycles. The fourth-order valence-corrected chi connectivity index (χ4v) is 3.77. The number of Topliss-reactive ketones (excluding diaryl/α,β-unsaturated/α-hetero) is 1. The molecular weight excluding hydrogens is 383 g/mol. The summed E-state index contributed by atoms with van der Waals surface area (Å²) in [5, 5.41) is 3.58. The molecule has 1 saturated carbocycles. The molecule has 1 aliphatic carbocycles. The molecule has 10 heteroatoms. The summed E-state index contributed by atoms with van der Waals surface area (Å²) in [4.78, 5) is 11.3. The summed E-state index contributed by atoms with van der Waals surface area (Å²) in [6, 6.07) is 6.60. The fraction of sp³-hybridized carbons (Fsp3) is 0.412. The van der Waals surface area contributed by atoms with E-state index in [4.69, 9.17) is 0 Å². The molecular formula is C17H18F3N3O3S. The van der Waals surface area contributed by atoms with Gasteiger partial charge in [-0.1, -0.05) is 12.1 Å². The van der Waals surface area contributed by atoms with Crippen molar-refractivity contribution >= 4 is 15.8 Å². The first kappa shape index (κ1) is 19.6. The summed E-state index contributed by atoms with van der Waals surface area (Å²) in [5.74, 6) is -0.227. The number of nitrogens with zero attached hydrogens (tertiary/aromatic N) is 2. The summed E-state index contributed by atoms with van der Waals surface area (Å²) >= 11 is 0. The Hall–Kier alpha value is -2.20. The molecule has 1 aromatic heterocycles. The summed E-state index contributed by atoms with van der Waals surface area (Å²) in [5.41, 5.74) is -0.239. The van der Waals surface area contributed by atoms with E-state index in [-0.39, 0.29) is 35.2 Å². The zero-order valence-electron chi connectivity index (χ0n) is 14.5. The Labute approximate surface area is 154 Å². The zero-order chi connectivity index (χ0) is 19.8. The van der Waals surface area contributed by atoms with E-state index in [1.807, 2.05) is 0 Å². The SMILES string of the molecule is CC(=O)c1cccc(S(=O)(=O)NCCn2nc(C(F)(F)F)cc2C2CC2)c1. The molecule has 1 aromatic carbocycles. The van der Waals surface area contributed by atoms with Crippen LogP contribution in [-0.4, -0.2) is 30.5 Å². The van der Waals surface area contributed by atoms with E-state index in [9.17, 15) is 26.4 Å². The molecule has 27 heavy (non-hydrogen) atoms. The maximum absolute atomic E-state index is 12.9. The van der Waals surface area contributed by atoms with Gasteiger partial charge in [-0.15, -0.1) is 0 Å². The number of sulfonamides is 1. The molecule has 0 spiro atoms. The summed E-state index contributed by atoms with van der Waals surface area (Å²) in [6.45, 7) is 1.19. The molecule has 1 heterocycles. The van der Waals surface area contributed by atoms with Crippen molar-refractivity contribution in [3.8, 4) is 0 Å². The molecule has 2 aromatic rings. The Morgan fingerprint density at radius 3 is 2.59 bits per heavy atom. The van der Waals surface area contributed by atoms with Gasteiger partial charge in [-0.25, -0.2) is 13.1 Å². The monoisotopic (exact) mass is 401 g/mol. The zero-order valence-corrected chi connectivity index (χ0v) is 15.3. The van der Waals surface area contributed by atoms with Crippen LogP contribution in [0, 0.1) is 0 Å². The van der Waals surface area contributed by atoms with Gasteiger partial charge < -0.3 is 0 Å². The third-order valence-electron chi connectivity index (χ3n) is 4.26. The van der Waals surface area contributed by atoms with E-state index in [0.717, 1.165) is 18.9 Å². The van der Waals surface area contributed by atoms with E-state index in [1.54, 1.807) is 0 Å². The minimum absolute atomic E-state index is 0.0203. The van der Waals surface area contributed by atoms with Gasteiger partial charge in [0, 0.05) is 23.7 Å². The quantitative estimate of drug-likeness (QED) is 0.724. The second kappa shape index (κ2) is 7.08. The lowest BCUT2D eigenvalue weighted by atomic mass is 10.2. The van der Waals surface area contributed by atoms with Crippen molar-refractivity contribution in [2.45, 2.75) is 43.3 Å². The Bertz CT molecular complexity index is 963. The van der Waals surface area contributed by atoms with Gasteiger partial charge in [0.15, 0.2) is 11.5 Å². The van der Waals surface area contributed by atoms with Crippen molar-refractivity contribution in [3.63, 3.8) is 0 Å². The van der Waals surface area contributed by atoms with E-state index in [0.29, 0.717) is 5.69 Å². The van der Waals surface area contributed by atoms with Crippen LogP contribution in [0.5, 0.6) is 0 Å². The Balaban J connectivity index is 1.71. The van der Waals surface area contributed by atoms with E-state index >= 15 is 0 Å². The first-order valence-electron chi connectivity index (χ1n) is 8.33. The van der Waals surface area contributed by atoms with Crippen LogP contribution in [0.1, 0.15) is 47.4 Å². The minimum atomic E-state index is -4.54. The molecule has 0 radical (unpaired) electrons. The topological polar surface area (TPSA) is 81.1 Å². The van der Waals surface area contributed by atoms with Gasteiger partial charge in [0.25, 0.3) is 0 Å². The van der Waals surface area contributed by atoms with Gasteiger partial charge in [-0.05, 0) is 38.0 Å². The normalized spacial score (nSPS) is 15.1. The van der Waals surface area contributed by atoms with E-state index in [2.05, 4.69) is 9.82 Å². The second-order valence-corrected chi connectivity index (χ2v) is 8.20. The van der Waals surface area contributed by atoms with Crippen LogP contribution in [0.4, 0.5) is 13.2 Å². The van der Waals surface area contributed by atoms with Crippen LogP contribution < -0.4 is 4.72 Å². The average Bonchev–Trinajstić information content (AvgIpc) is 3.34. The molecule has 3 rings (SSSR count). The van der Waals surface area contributed by atoms with Crippen LogP contribution in [0.15, 0.2) is 35.2 Å². The number of ketones is 1. The highest BCUT2D eigenvalue weighted by Gasteiger charge is 2.37. The van der Waals surface area contributed by atoms with Crippen LogP contribution in [0.25, 0.3) is 0 Å². The molecule has 0 atom stereocenters. The predicted molar refractivity (Wildman–Crippen MR) is 90.8 cm³/mol. The standard InChI is InChI=1S/C17H18F3N3O3S/c1-11(24)13-3-2-4-14(9-13)27(25,26)21-7-8-23-15(12-5-6-12)10-16(22-23)17(18,19)20/h2-4,9-10,12,21H,5-8H2,1H3. The number of alkyl halides is 3. The third-order valence-corrected chi connectivity index (χ3v) is 5.72. The largest absolute Gasteiger partial charge is 0.435 e. The third kappa shape index (κ3) is 4.56. The van der Waals surface area contributed by atoms with Crippen molar-refractivity contribution in [1.29, 1.82) is 0 Å². The molecule has 6 nitrogen and oxygen atoms in total.